The molecule has 2 heterocycles. The summed E-state index contributed by atoms with van der Waals surface area (Å²) in [6.45, 7) is 9.01. The summed E-state index contributed by atoms with van der Waals surface area (Å²) in [5, 5.41) is 11.9. The summed E-state index contributed by atoms with van der Waals surface area (Å²) in [5.74, 6) is 0. The number of rotatable bonds is 6. The van der Waals surface area contributed by atoms with E-state index in [2.05, 4.69) is 76.7 Å². The van der Waals surface area contributed by atoms with E-state index in [-0.39, 0.29) is 0 Å². The lowest BCUT2D eigenvalue weighted by atomic mass is 10.1. The number of H-pyrrole nitrogens is 1. The van der Waals surface area contributed by atoms with Crippen LogP contribution in [0.15, 0.2) is 48.7 Å². The van der Waals surface area contributed by atoms with Crippen LogP contribution >= 0.6 is 0 Å². The third kappa shape index (κ3) is 4.56. The SMILES string of the molecule is CC1CN(Cc2ccc(CNCc3cccc4[nH]ncc34)cc2)CC(C)O1. The minimum atomic E-state index is 0.317. The highest BCUT2D eigenvalue weighted by Gasteiger charge is 2.21. The lowest BCUT2D eigenvalue weighted by molar-refractivity contribution is -0.0704. The number of hydrogen-bond donors (Lipinski definition) is 2. The molecule has 2 atom stereocenters. The van der Waals surface area contributed by atoms with Crippen LogP contribution in [0, 0.1) is 0 Å². The van der Waals surface area contributed by atoms with Crippen LogP contribution in [-0.4, -0.2) is 40.4 Å². The molecule has 27 heavy (non-hydrogen) atoms. The van der Waals surface area contributed by atoms with Gasteiger partial charge in [-0.15, -0.1) is 0 Å². The number of aromatic nitrogens is 2. The van der Waals surface area contributed by atoms with Gasteiger partial charge in [0.15, 0.2) is 0 Å². The van der Waals surface area contributed by atoms with E-state index in [0.29, 0.717) is 12.2 Å². The van der Waals surface area contributed by atoms with Gasteiger partial charge < -0.3 is 10.1 Å². The van der Waals surface area contributed by atoms with E-state index < -0.39 is 0 Å². The summed E-state index contributed by atoms with van der Waals surface area (Å²) in [6.07, 6.45) is 2.53. The van der Waals surface area contributed by atoms with Crippen molar-refractivity contribution in [2.45, 2.75) is 45.7 Å². The van der Waals surface area contributed by atoms with E-state index >= 15 is 0 Å². The molecule has 1 aromatic heterocycles. The fraction of sp³-hybridized carbons (Fsp3) is 0.409. The molecular weight excluding hydrogens is 336 g/mol. The van der Waals surface area contributed by atoms with Crippen molar-refractivity contribution in [1.29, 1.82) is 0 Å². The molecule has 0 radical (unpaired) electrons. The van der Waals surface area contributed by atoms with E-state index in [0.717, 1.165) is 38.2 Å². The topological polar surface area (TPSA) is 53.2 Å². The van der Waals surface area contributed by atoms with Crippen molar-refractivity contribution in [3.05, 3.63) is 65.4 Å². The van der Waals surface area contributed by atoms with Crippen LogP contribution < -0.4 is 5.32 Å². The number of benzene rings is 2. The van der Waals surface area contributed by atoms with E-state index in [9.17, 15) is 0 Å². The molecule has 2 aromatic carbocycles. The van der Waals surface area contributed by atoms with Gasteiger partial charge in [0.2, 0.25) is 0 Å². The van der Waals surface area contributed by atoms with Gasteiger partial charge in [0, 0.05) is 38.1 Å². The molecule has 0 spiro atoms. The van der Waals surface area contributed by atoms with Gasteiger partial charge in [0.25, 0.3) is 0 Å². The number of ether oxygens (including phenoxy) is 1. The zero-order valence-electron chi connectivity index (χ0n) is 16.1. The Balaban J connectivity index is 1.30. The van der Waals surface area contributed by atoms with Crippen molar-refractivity contribution in [2.24, 2.45) is 0 Å². The summed E-state index contributed by atoms with van der Waals surface area (Å²) in [7, 11) is 0. The van der Waals surface area contributed by atoms with E-state index in [1.165, 1.54) is 22.1 Å². The number of morpholine rings is 1. The first-order chi connectivity index (χ1) is 13.2. The van der Waals surface area contributed by atoms with Crippen LogP contribution in [-0.2, 0) is 24.4 Å². The van der Waals surface area contributed by atoms with Gasteiger partial charge >= 0.3 is 0 Å². The van der Waals surface area contributed by atoms with Gasteiger partial charge in [-0.1, -0.05) is 36.4 Å². The second-order valence-electron chi connectivity index (χ2n) is 7.62. The van der Waals surface area contributed by atoms with Crippen LogP contribution in [0.25, 0.3) is 10.9 Å². The van der Waals surface area contributed by atoms with E-state index in [1.54, 1.807) is 0 Å². The van der Waals surface area contributed by atoms with Crippen molar-refractivity contribution in [3.8, 4) is 0 Å². The number of fused-ring (bicyclic) bond motifs is 1. The quantitative estimate of drug-likeness (QED) is 0.703. The monoisotopic (exact) mass is 364 g/mol. The lowest BCUT2D eigenvalue weighted by Gasteiger charge is -2.35. The van der Waals surface area contributed by atoms with Crippen LogP contribution in [0.4, 0.5) is 0 Å². The number of hydrogen-bond acceptors (Lipinski definition) is 4. The Hall–Kier alpha value is -2.21. The van der Waals surface area contributed by atoms with Gasteiger partial charge in [0.1, 0.15) is 0 Å². The van der Waals surface area contributed by atoms with Gasteiger partial charge in [-0.3, -0.25) is 10.00 Å². The molecule has 1 aliphatic heterocycles. The minimum absolute atomic E-state index is 0.317. The molecule has 0 amide bonds. The zero-order chi connectivity index (χ0) is 18.6. The largest absolute Gasteiger partial charge is 0.373 e. The lowest BCUT2D eigenvalue weighted by Crippen LogP contribution is -2.44. The Kier molecular flexibility index (Phi) is 5.53. The molecule has 5 heteroatoms. The molecule has 0 saturated carbocycles. The standard InChI is InChI=1S/C22H28N4O/c1-16-13-26(14-17(2)27-16)15-19-8-6-18(7-9-19)10-23-11-20-4-3-5-22-21(20)12-24-25-22/h3-9,12,16-17,23H,10-11,13-15H2,1-2H3,(H,24,25). The van der Waals surface area contributed by atoms with Crippen LogP contribution in [0.1, 0.15) is 30.5 Å². The third-order valence-corrected chi connectivity index (χ3v) is 5.14. The van der Waals surface area contributed by atoms with Crippen LogP contribution in [0.5, 0.6) is 0 Å². The fourth-order valence-corrected chi connectivity index (χ4v) is 3.96. The number of nitrogens with zero attached hydrogens (tertiary/aromatic N) is 2. The van der Waals surface area contributed by atoms with E-state index in [1.807, 2.05) is 6.20 Å². The fourth-order valence-electron chi connectivity index (χ4n) is 3.96. The van der Waals surface area contributed by atoms with Gasteiger partial charge in [-0.25, -0.2) is 0 Å². The maximum absolute atomic E-state index is 5.82. The molecule has 4 rings (SSSR count). The van der Waals surface area contributed by atoms with Gasteiger partial charge in [-0.05, 0) is 36.6 Å². The highest BCUT2D eigenvalue weighted by molar-refractivity contribution is 5.81. The normalized spacial score (nSPS) is 21.0. The van der Waals surface area contributed by atoms with Crippen molar-refractivity contribution in [2.75, 3.05) is 13.1 Å². The maximum atomic E-state index is 5.82. The molecule has 2 unspecified atom stereocenters. The molecule has 5 nitrogen and oxygen atoms in total. The average Bonchev–Trinajstić information content (AvgIpc) is 3.12. The molecule has 2 N–H and O–H groups in total. The molecule has 1 fully saturated rings. The summed E-state index contributed by atoms with van der Waals surface area (Å²) in [4.78, 5) is 2.48. The smallest absolute Gasteiger partial charge is 0.0678 e. The van der Waals surface area contributed by atoms with Gasteiger partial charge in [0.05, 0.1) is 23.9 Å². The summed E-state index contributed by atoms with van der Waals surface area (Å²) in [6, 6.07) is 15.2. The molecule has 0 aliphatic carbocycles. The molecule has 1 saturated heterocycles. The van der Waals surface area contributed by atoms with E-state index in [4.69, 9.17) is 4.74 Å². The Morgan fingerprint density at radius 1 is 1.04 bits per heavy atom. The highest BCUT2D eigenvalue weighted by atomic mass is 16.5. The Morgan fingerprint density at radius 3 is 2.56 bits per heavy atom. The second kappa shape index (κ2) is 8.21. The highest BCUT2D eigenvalue weighted by Crippen LogP contribution is 2.17. The minimum Gasteiger partial charge on any atom is -0.373 e. The molecule has 3 aromatic rings. The Morgan fingerprint density at radius 2 is 1.78 bits per heavy atom. The van der Waals surface area contributed by atoms with Crippen molar-refractivity contribution < 1.29 is 4.74 Å². The summed E-state index contributed by atoms with van der Waals surface area (Å²) >= 11 is 0. The molecule has 1 aliphatic rings. The zero-order valence-corrected chi connectivity index (χ0v) is 16.1. The summed E-state index contributed by atoms with van der Waals surface area (Å²) < 4.78 is 5.82. The summed E-state index contributed by atoms with van der Waals surface area (Å²) in [5.41, 5.74) is 5.03. The third-order valence-electron chi connectivity index (χ3n) is 5.14. The molecule has 0 bridgehead atoms. The van der Waals surface area contributed by atoms with Crippen LogP contribution in [0.3, 0.4) is 0 Å². The first kappa shape index (κ1) is 18.2. The van der Waals surface area contributed by atoms with Crippen molar-refractivity contribution in [1.82, 2.24) is 20.4 Å². The molecule has 142 valence electrons. The Bertz CT molecular complexity index is 863. The maximum Gasteiger partial charge on any atom is 0.0678 e. The predicted octanol–water partition coefficient (Wildman–Crippen LogP) is 3.46. The molecular formula is C22H28N4O. The van der Waals surface area contributed by atoms with Gasteiger partial charge in [-0.2, -0.15) is 5.10 Å². The van der Waals surface area contributed by atoms with Crippen molar-refractivity contribution in [3.63, 3.8) is 0 Å². The number of nitrogens with one attached hydrogen (secondary N) is 2. The van der Waals surface area contributed by atoms with Crippen molar-refractivity contribution >= 4 is 10.9 Å². The van der Waals surface area contributed by atoms with Crippen LogP contribution in [0.2, 0.25) is 0 Å². The number of aromatic amines is 1. The predicted molar refractivity (Wildman–Crippen MR) is 108 cm³/mol. The first-order valence-electron chi connectivity index (χ1n) is 9.74. The first-order valence-corrected chi connectivity index (χ1v) is 9.74. The second-order valence-corrected chi connectivity index (χ2v) is 7.62. The average molecular weight is 364 g/mol. The Labute approximate surface area is 160 Å².